The fourth-order valence-electron chi connectivity index (χ4n) is 2.56. The van der Waals surface area contributed by atoms with Crippen molar-refractivity contribution in [1.82, 2.24) is 0 Å². The Balaban J connectivity index is 2.47. The van der Waals surface area contributed by atoms with Gasteiger partial charge in [-0.1, -0.05) is 51.2 Å². The summed E-state index contributed by atoms with van der Waals surface area (Å²) in [5, 5.41) is -2.02. The first-order valence-corrected chi connectivity index (χ1v) is 11.2. The predicted octanol–water partition coefficient (Wildman–Crippen LogP) is 3.29. The molecule has 0 aromatic heterocycles. The Kier molecular flexibility index (Phi) is 11.3. The summed E-state index contributed by atoms with van der Waals surface area (Å²) >= 11 is 0. The normalized spacial score (nSPS) is 12.2. The van der Waals surface area contributed by atoms with Crippen LogP contribution in [0.2, 0.25) is 0 Å². The van der Waals surface area contributed by atoms with E-state index in [1.54, 1.807) is 24.3 Å². The van der Waals surface area contributed by atoms with E-state index in [9.17, 15) is 22.6 Å². The standard InChI is InChI=1S/C20H30O8S/c1-3-4-5-6-7-8-13-27-19(21)14-18(29(23,24)25)20(22)28-15-16-9-11-17(26-2)12-10-16/h9-12,18H,3-8,13-15H2,1-2H3,(H,23,24,25). The third-order valence-corrected chi connectivity index (χ3v) is 5.35. The van der Waals surface area contributed by atoms with Crippen LogP contribution in [0.15, 0.2) is 24.3 Å². The van der Waals surface area contributed by atoms with Crippen molar-refractivity contribution in [3.05, 3.63) is 29.8 Å². The number of ether oxygens (including phenoxy) is 3. The van der Waals surface area contributed by atoms with Gasteiger partial charge in [-0.05, 0) is 24.1 Å². The van der Waals surface area contributed by atoms with Crippen molar-refractivity contribution < 1.29 is 36.8 Å². The van der Waals surface area contributed by atoms with Crippen molar-refractivity contribution in [3.63, 3.8) is 0 Å². The van der Waals surface area contributed by atoms with Crippen molar-refractivity contribution in [2.45, 2.75) is 63.7 Å². The molecule has 1 aromatic rings. The molecule has 0 heterocycles. The van der Waals surface area contributed by atoms with E-state index in [0.29, 0.717) is 17.7 Å². The van der Waals surface area contributed by atoms with Crippen LogP contribution in [-0.2, 0) is 35.8 Å². The van der Waals surface area contributed by atoms with Crippen molar-refractivity contribution in [2.75, 3.05) is 13.7 Å². The maximum atomic E-state index is 12.1. The topological polar surface area (TPSA) is 116 Å². The van der Waals surface area contributed by atoms with Crippen LogP contribution in [-0.4, -0.2) is 43.9 Å². The lowest BCUT2D eigenvalue weighted by molar-refractivity contribution is -0.150. The number of carbonyl (C=O) groups excluding carboxylic acids is 2. The summed E-state index contributed by atoms with van der Waals surface area (Å²) in [5.74, 6) is -1.47. The average Bonchev–Trinajstić information content (AvgIpc) is 2.69. The first-order valence-electron chi connectivity index (χ1n) is 9.69. The molecule has 8 nitrogen and oxygen atoms in total. The van der Waals surface area contributed by atoms with Crippen LogP contribution in [0, 0.1) is 0 Å². The number of hydrogen-bond acceptors (Lipinski definition) is 7. The van der Waals surface area contributed by atoms with Gasteiger partial charge >= 0.3 is 11.9 Å². The van der Waals surface area contributed by atoms with E-state index in [2.05, 4.69) is 6.92 Å². The van der Waals surface area contributed by atoms with Gasteiger partial charge in [0.1, 0.15) is 12.4 Å². The number of methoxy groups -OCH3 is 1. The largest absolute Gasteiger partial charge is 0.497 e. The monoisotopic (exact) mass is 430 g/mol. The fraction of sp³-hybridized carbons (Fsp3) is 0.600. The minimum absolute atomic E-state index is 0.143. The summed E-state index contributed by atoms with van der Waals surface area (Å²) in [6, 6.07) is 6.60. The second-order valence-corrected chi connectivity index (χ2v) is 8.25. The van der Waals surface area contributed by atoms with Crippen LogP contribution >= 0.6 is 0 Å². The Morgan fingerprint density at radius 3 is 2.21 bits per heavy atom. The second kappa shape index (κ2) is 13.2. The van der Waals surface area contributed by atoms with E-state index in [0.717, 1.165) is 32.1 Å². The molecule has 0 amide bonds. The lowest BCUT2D eigenvalue weighted by Gasteiger charge is -2.13. The molecule has 0 aliphatic rings. The molecule has 1 N–H and O–H groups in total. The van der Waals surface area contributed by atoms with Gasteiger partial charge in [0, 0.05) is 0 Å². The molecule has 0 aliphatic heterocycles. The van der Waals surface area contributed by atoms with Crippen molar-refractivity contribution >= 4 is 22.1 Å². The summed E-state index contributed by atoms with van der Waals surface area (Å²) in [7, 11) is -3.30. The van der Waals surface area contributed by atoms with Crippen molar-refractivity contribution in [1.29, 1.82) is 0 Å². The van der Waals surface area contributed by atoms with Gasteiger partial charge in [-0.2, -0.15) is 8.42 Å². The Bertz CT molecular complexity index is 727. The summed E-state index contributed by atoms with van der Waals surface area (Å²) in [6.45, 7) is 2.06. The molecule has 0 saturated carbocycles. The van der Waals surface area contributed by atoms with Crippen LogP contribution < -0.4 is 4.74 Å². The van der Waals surface area contributed by atoms with Crippen molar-refractivity contribution in [2.24, 2.45) is 0 Å². The highest BCUT2D eigenvalue weighted by Crippen LogP contribution is 2.14. The van der Waals surface area contributed by atoms with E-state index >= 15 is 0 Å². The highest BCUT2D eigenvalue weighted by atomic mass is 32.2. The van der Waals surface area contributed by atoms with Gasteiger partial charge in [-0.25, -0.2) is 0 Å². The number of unbranched alkanes of at least 4 members (excludes halogenated alkanes) is 5. The molecular formula is C20H30O8S. The van der Waals surface area contributed by atoms with Gasteiger partial charge in [0.05, 0.1) is 20.1 Å². The summed E-state index contributed by atoms with van der Waals surface area (Å²) < 4.78 is 47.3. The highest BCUT2D eigenvalue weighted by molar-refractivity contribution is 7.87. The molecule has 29 heavy (non-hydrogen) atoms. The van der Waals surface area contributed by atoms with Gasteiger partial charge in [-0.15, -0.1) is 0 Å². The zero-order valence-corrected chi connectivity index (χ0v) is 17.8. The molecule has 0 radical (unpaired) electrons. The van der Waals surface area contributed by atoms with Crippen LogP contribution in [0.3, 0.4) is 0 Å². The minimum Gasteiger partial charge on any atom is -0.497 e. The lowest BCUT2D eigenvalue weighted by Crippen LogP contribution is -2.34. The molecule has 0 aliphatic carbocycles. The van der Waals surface area contributed by atoms with E-state index in [-0.39, 0.29) is 13.2 Å². The molecule has 1 rings (SSSR count). The minimum atomic E-state index is -4.82. The van der Waals surface area contributed by atoms with Crippen LogP contribution in [0.1, 0.15) is 57.4 Å². The van der Waals surface area contributed by atoms with Gasteiger partial charge in [0.25, 0.3) is 10.1 Å². The first kappa shape index (κ1) is 24.9. The summed E-state index contributed by atoms with van der Waals surface area (Å²) in [4.78, 5) is 24.0. The van der Waals surface area contributed by atoms with E-state index < -0.39 is 33.7 Å². The van der Waals surface area contributed by atoms with Crippen LogP contribution in [0.5, 0.6) is 5.75 Å². The van der Waals surface area contributed by atoms with Crippen molar-refractivity contribution in [3.8, 4) is 5.75 Å². The van der Waals surface area contributed by atoms with Gasteiger partial charge < -0.3 is 14.2 Å². The van der Waals surface area contributed by atoms with Gasteiger partial charge in [0.15, 0.2) is 5.25 Å². The maximum Gasteiger partial charge on any atom is 0.327 e. The zero-order chi connectivity index (χ0) is 21.7. The third kappa shape index (κ3) is 10.3. The van der Waals surface area contributed by atoms with E-state index in [4.69, 9.17) is 14.2 Å². The van der Waals surface area contributed by atoms with E-state index in [1.165, 1.54) is 7.11 Å². The average molecular weight is 431 g/mol. The molecule has 1 atom stereocenters. The van der Waals surface area contributed by atoms with E-state index in [1.807, 2.05) is 0 Å². The number of hydrogen-bond donors (Lipinski definition) is 1. The highest BCUT2D eigenvalue weighted by Gasteiger charge is 2.35. The Morgan fingerprint density at radius 1 is 1.00 bits per heavy atom. The smallest absolute Gasteiger partial charge is 0.327 e. The predicted molar refractivity (Wildman–Crippen MR) is 107 cm³/mol. The molecular weight excluding hydrogens is 400 g/mol. The SMILES string of the molecule is CCCCCCCCOC(=O)CC(C(=O)OCc1ccc(OC)cc1)S(=O)(=O)O. The number of rotatable bonds is 14. The molecule has 9 heteroatoms. The van der Waals surface area contributed by atoms with Gasteiger partial charge in [-0.3, -0.25) is 14.1 Å². The first-order chi connectivity index (χ1) is 13.8. The number of carbonyl (C=O) groups is 2. The third-order valence-electron chi connectivity index (χ3n) is 4.28. The molecule has 164 valence electrons. The molecule has 1 unspecified atom stereocenters. The summed E-state index contributed by atoms with van der Waals surface area (Å²) in [5.41, 5.74) is 0.596. The number of esters is 2. The Morgan fingerprint density at radius 2 is 1.62 bits per heavy atom. The van der Waals surface area contributed by atoms with Crippen LogP contribution in [0.25, 0.3) is 0 Å². The molecule has 1 aromatic carbocycles. The zero-order valence-electron chi connectivity index (χ0n) is 17.0. The van der Waals surface area contributed by atoms with Crippen LogP contribution in [0.4, 0.5) is 0 Å². The fourth-order valence-corrected chi connectivity index (χ4v) is 3.22. The maximum absolute atomic E-state index is 12.1. The summed E-state index contributed by atoms with van der Waals surface area (Å²) in [6.07, 6.45) is 5.23. The molecule has 0 saturated heterocycles. The molecule has 0 spiro atoms. The second-order valence-electron chi connectivity index (χ2n) is 6.65. The number of benzene rings is 1. The lowest BCUT2D eigenvalue weighted by atomic mass is 10.1. The Labute approximate surface area is 172 Å². The van der Waals surface area contributed by atoms with Gasteiger partial charge in [0.2, 0.25) is 0 Å². The quantitative estimate of drug-likeness (QED) is 0.271. The molecule has 0 bridgehead atoms. The Hall–Kier alpha value is -2.13. The molecule has 0 fully saturated rings.